The standard InChI is InChI=1S/C20H18Cl2N2S/c21-18-10-8-17(9-11-18)19(20(22)24-13-12-23-15-24)25-14-4-7-16-5-2-1-3-6-16/h1-13,15,19-20H,14H2. The topological polar surface area (TPSA) is 17.8 Å². The monoisotopic (exact) mass is 388 g/mol. The fraction of sp³-hybridized carbons (Fsp3) is 0.150. The Hall–Kier alpha value is -1.68. The summed E-state index contributed by atoms with van der Waals surface area (Å²) in [6.07, 6.45) is 9.68. The quantitative estimate of drug-likeness (QED) is 0.432. The van der Waals surface area contributed by atoms with Gasteiger partial charge in [-0.1, -0.05) is 77.8 Å². The summed E-state index contributed by atoms with van der Waals surface area (Å²) in [6, 6.07) is 18.2. The summed E-state index contributed by atoms with van der Waals surface area (Å²) in [5.74, 6) is 0.861. The van der Waals surface area contributed by atoms with Gasteiger partial charge in [-0.2, -0.15) is 0 Å². The molecular weight excluding hydrogens is 371 g/mol. The maximum atomic E-state index is 6.73. The summed E-state index contributed by atoms with van der Waals surface area (Å²) < 4.78 is 1.93. The molecule has 0 aliphatic carbocycles. The van der Waals surface area contributed by atoms with Gasteiger partial charge < -0.3 is 4.57 Å². The fourth-order valence-electron chi connectivity index (χ4n) is 2.47. The molecule has 2 aromatic carbocycles. The first-order chi connectivity index (χ1) is 12.2. The predicted octanol–water partition coefficient (Wildman–Crippen LogP) is 6.46. The number of hydrogen-bond donors (Lipinski definition) is 0. The molecule has 0 N–H and O–H groups in total. The van der Waals surface area contributed by atoms with Crippen molar-refractivity contribution in [1.29, 1.82) is 0 Å². The lowest BCUT2D eigenvalue weighted by Crippen LogP contribution is -2.09. The average Bonchev–Trinajstić information content (AvgIpc) is 3.18. The molecule has 128 valence electrons. The zero-order chi connectivity index (χ0) is 17.5. The Morgan fingerprint density at radius 2 is 1.84 bits per heavy atom. The van der Waals surface area contributed by atoms with Gasteiger partial charge in [0.05, 0.1) is 11.6 Å². The summed E-state index contributed by atoms with van der Waals surface area (Å²) in [7, 11) is 0. The molecule has 0 radical (unpaired) electrons. The van der Waals surface area contributed by atoms with Crippen LogP contribution in [0, 0.1) is 0 Å². The van der Waals surface area contributed by atoms with E-state index in [2.05, 4.69) is 29.3 Å². The molecule has 0 fully saturated rings. The van der Waals surface area contributed by atoms with Crippen LogP contribution < -0.4 is 0 Å². The van der Waals surface area contributed by atoms with Crippen LogP contribution in [-0.2, 0) is 0 Å². The maximum absolute atomic E-state index is 6.73. The van der Waals surface area contributed by atoms with Crippen LogP contribution in [0.5, 0.6) is 0 Å². The van der Waals surface area contributed by atoms with Crippen molar-refractivity contribution in [3.63, 3.8) is 0 Å². The predicted molar refractivity (Wildman–Crippen MR) is 109 cm³/mol. The van der Waals surface area contributed by atoms with E-state index in [4.69, 9.17) is 23.2 Å². The number of alkyl halides is 1. The largest absolute Gasteiger partial charge is 0.319 e. The molecular formula is C20H18Cl2N2S. The molecule has 0 amide bonds. The summed E-state index contributed by atoms with van der Waals surface area (Å²) in [5, 5.41) is 0.818. The van der Waals surface area contributed by atoms with Crippen LogP contribution in [0.3, 0.4) is 0 Å². The van der Waals surface area contributed by atoms with E-state index in [-0.39, 0.29) is 10.8 Å². The highest BCUT2D eigenvalue weighted by Gasteiger charge is 2.22. The molecule has 3 aromatic rings. The molecule has 3 rings (SSSR count). The SMILES string of the molecule is Clc1ccc(C(SCC=Cc2ccccc2)C(Cl)n2ccnc2)cc1. The molecule has 0 saturated heterocycles. The average molecular weight is 389 g/mol. The molecule has 0 bridgehead atoms. The van der Waals surface area contributed by atoms with Crippen molar-refractivity contribution in [3.8, 4) is 0 Å². The van der Waals surface area contributed by atoms with Gasteiger partial charge in [-0.15, -0.1) is 11.8 Å². The van der Waals surface area contributed by atoms with Gasteiger partial charge in [0.1, 0.15) is 5.50 Å². The number of imidazole rings is 1. The molecule has 1 aromatic heterocycles. The van der Waals surface area contributed by atoms with Gasteiger partial charge in [0.2, 0.25) is 0 Å². The van der Waals surface area contributed by atoms with Crippen LogP contribution in [0.2, 0.25) is 5.02 Å². The Bertz CT molecular complexity index is 786. The highest BCUT2D eigenvalue weighted by atomic mass is 35.5. The Morgan fingerprint density at radius 1 is 1.08 bits per heavy atom. The van der Waals surface area contributed by atoms with Gasteiger partial charge >= 0.3 is 0 Å². The normalized spacial score (nSPS) is 13.8. The van der Waals surface area contributed by atoms with Gasteiger partial charge in [-0.05, 0) is 23.3 Å². The molecule has 2 atom stereocenters. The lowest BCUT2D eigenvalue weighted by atomic mass is 10.1. The van der Waals surface area contributed by atoms with E-state index >= 15 is 0 Å². The van der Waals surface area contributed by atoms with Crippen LogP contribution in [0.1, 0.15) is 21.9 Å². The van der Waals surface area contributed by atoms with E-state index < -0.39 is 0 Å². The van der Waals surface area contributed by atoms with Crippen LogP contribution in [0.15, 0.2) is 79.4 Å². The van der Waals surface area contributed by atoms with Crippen molar-refractivity contribution < 1.29 is 0 Å². The minimum absolute atomic E-state index is 0.0913. The number of thioether (sulfide) groups is 1. The number of nitrogens with zero attached hydrogens (tertiary/aromatic N) is 2. The second kappa shape index (κ2) is 9.14. The van der Waals surface area contributed by atoms with Gasteiger partial charge in [-0.3, -0.25) is 0 Å². The van der Waals surface area contributed by atoms with E-state index in [1.807, 2.05) is 53.2 Å². The van der Waals surface area contributed by atoms with E-state index in [0.29, 0.717) is 0 Å². The van der Waals surface area contributed by atoms with Crippen molar-refractivity contribution >= 4 is 41.0 Å². The van der Waals surface area contributed by atoms with Crippen molar-refractivity contribution in [2.45, 2.75) is 10.8 Å². The first-order valence-electron chi connectivity index (χ1n) is 7.94. The molecule has 0 aliphatic heterocycles. The van der Waals surface area contributed by atoms with Gasteiger partial charge in [0.15, 0.2) is 0 Å². The van der Waals surface area contributed by atoms with E-state index in [9.17, 15) is 0 Å². The minimum atomic E-state index is -0.223. The van der Waals surface area contributed by atoms with Crippen molar-refractivity contribution in [2.24, 2.45) is 0 Å². The Kier molecular flexibility index (Phi) is 6.62. The van der Waals surface area contributed by atoms with Gasteiger partial charge in [0, 0.05) is 23.2 Å². The lowest BCUT2D eigenvalue weighted by molar-refractivity contribution is 0.651. The molecule has 1 heterocycles. The summed E-state index contributed by atoms with van der Waals surface area (Å²) >= 11 is 14.5. The summed E-state index contributed by atoms with van der Waals surface area (Å²) in [6.45, 7) is 0. The number of rotatable bonds is 7. The first kappa shape index (κ1) is 18.1. The first-order valence-corrected chi connectivity index (χ1v) is 9.80. The highest BCUT2D eigenvalue weighted by molar-refractivity contribution is 7.99. The number of benzene rings is 2. The van der Waals surface area contributed by atoms with Crippen LogP contribution >= 0.6 is 35.0 Å². The van der Waals surface area contributed by atoms with Crippen molar-refractivity contribution in [2.75, 3.05) is 5.75 Å². The minimum Gasteiger partial charge on any atom is -0.319 e. The molecule has 2 nitrogen and oxygen atoms in total. The molecule has 25 heavy (non-hydrogen) atoms. The highest BCUT2D eigenvalue weighted by Crippen LogP contribution is 2.41. The molecule has 0 saturated carbocycles. The van der Waals surface area contributed by atoms with Crippen LogP contribution in [0.4, 0.5) is 0 Å². The number of aromatic nitrogens is 2. The third-order valence-corrected chi connectivity index (χ3v) is 5.89. The summed E-state index contributed by atoms with van der Waals surface area (Å²) in [5.41, 5.74) is 2.12. The third-order valence-electron chi connectivity index (χ3n) is 3.74. The van der Waals surface area contributed by atoms with E-state index in [1.54, 1.807) is 24.3 Å². The summed E-state index contributed by atoms with van der Waals surface area (Å²) in [4.78, 5) is 4.10. The van der Waals surface area contributed by atoms with Crippen LogP contribution in [0.25, 0.3) is 6.08 Å². The van der Waals surface area contributed by atoms with Crippen molar-refractivity contribution in [1.82, 2.24) is 9.55 Å². The zero-order valence-corrected chi connectivity index (χ0v) is 15.8. The van der Waals surface area contributed by atoms with Gasteiger partial charge in [0.25, 0.3) is 0 Å². The van der Waals surface area contributed by atoms with Gasteiger partial charge in [-0.25, -0.2) is 4.98 Å². The van der Waals surface area contributed by atoms with Crippen LogP contribution in [-0.4, -0.2) is 15.3 Å². The molecule has 0 spiro atoms. The van der Waals surface area contributed by atoms with E-state index in [0.717, 1.165) is 16.3 Å². The fourth-order valence-corrected chi connectivity index (χ4v) is 4.13. The van der Waals surface area contributed by atoms with Crippen molar-refractivity contribution in [3.05, 3.63) is 95.5 Å². The number of hydrogen-bond acceptors (Lipinski definition) is 2. The maximum Gasteiger partial charge on any atom is 0.125 e. The smallest absolute Gasteiger partial charge is 0.125 e. The second-order valence-corrected chi connectivity index (χ2v) is 7.56. The molecule has 0 aliphatic rings. The lowest BCUT2D eigenvalue weighted by Gasteiger charge is -2.23. The Morgan fingerprint density at radius 3 is 2.52 bits per heavy atom. The third kappa shape index (κ3) is 5.15. The Balaban J connectivity index is 1.72. The van der Waals surface area contributed by atoms with E-state index in [1.165, 1.54) is 5.56 Å². The second-order valence-electron chi connectivity index (χ2n) is 5.50. The zero-order valence-electron chi connectivity index (χ0n) is 13.5. The molecule has 5 heteroatoms. The number of halogens is 2. The Labute approximate surface area is 162 Å². The molecule has 2 unspecified atom stereocenters.